The van der Waals surface area contributed by atoms with Crippen LogP contribution in [-0.4, -0.2) is 22.6 Å². The fourth-order valence-electron chi connectivity index (χ4n) is 1.07. The number of hydrogen-bond acceptors (Lipinski definition) is 4. The van der Waals surface area contributed by atoms with Crippen LogP contribution in [0, 0.1) is 0 Å². The lowest BCUT2D eigenvalue weighted by atomic mass is 10.3. The summed E-state index contributed by atoms with van der Waals surface area (Å²) in [7, 11) is 1.28. The van der Waals surface area contributed by atoms with Crippen molar-refractivity contribution in [3.63, 3.8) is 0 Å². The second-order valence-corrected chi connectivity index (χ2v) is 3.14. The standard InChI is InChI=1S/C10H12N2O4/c1-7(9(14)16-2)3-5-12-6-4-8(13)11-10(12)15/h3-4,6H,5H2,1-2H3,(H,11,13,15). The number of carbonyl (C=O) groups excluding carboxylic acids is 1. The van der Waals surface area contributed by atoms with Crippen molar-refractivity contribution in [2.45, 2.75) is 13.5 Å². The van der Waals surface area contributed by atoms with Gasteiger partial charge in [0.1, 0.15) is 0 Å². The van der Waals surface area contributed by atoms with E-state index in [0.29, 0.717) is 5.57 Å². The Balaban J connectivity index is 2.86. The minimum Gasteiger partial charge on any atom is -0.466 e. The number of carbonyl (C=O) groups is 1. The summed E-state index contributed by atoms with van der Waals surface area (Å²) >= 11 is 0. The van der Waals surface area contributed by atoms with Crippen LogP contribution in [0.15, 0.2) is 33.5 Å². The van der Waals surface area contributed by atoms with Crippen LogP contribution >= 0.6 is 0 Å². The summed E-state index contributed by atoms with van der Waals surface area (Å²) in [5.41, 5.74) is -0.558. The SMILES string of the molecule is COC(=O)C(C)=CCn1ccc(=O)[nH]c1=O. The third-order valence-corrected chi connectivity index (χ3v) is 2.00. The average Bonchev–Trinajstić information content (AvgIpc) is 2.26. The third-order valence-electron chi connectivity index (χ3n) is 2.00. The highest BCUT2D eigenvalue weighted by Gasteiger charge is 2.02. The number of ether oxygens (including phenoxy) is 1. The number of nitrogens with zero attached hydrogens (tertiary/aromatic N) is 1. The highest BCUT2D eigenvalue weighted by Crippen LogP contribution is 1.95. The molecule has 0 atom stereocenters. The first-order valence-corrected chi connectivity index (χ1v) is 4.59. The Morgan fingerprint density at radius 2 is 2.25 bits per heavy atom. The maximum atomic E-state index is 11.3. The molecular weight excluding hydrogens is 212 g/mol. The van der Waals surface area contributed by atoms with Crippen LogP contribution in [0.3, 0.4) is 0 Å². The van der Waals surface area contributed by atoms with Gasteiger partial charge in [-0.05, 0) is 6.92 Å². The first-order chi connectivity index (χ1) is 7.54. The van der Waals surface area contributed by atoms with Gasteiger partial charge in [-0.3, -0.25) is 14.3 Å². The largest absolute Gasteiger partial charge is 0.466 e. The molecule has 0 aromatic carbocycles. The van der Waals surface area contributed by atoms with Gasteiger partial charge >= 0.3 is 11.7 Å². The fourth-order valence-corrected chi connectivity index (χ4v) is 1.07. The van der Waals surface area contributed by atoms with E-state index in [9.17, 15) is 14.4 Å². The zero-order chi connectivity index (χ0) is 12.1. The number of methoxy groups -OCH3 is 1. The molecule has 16 heavy (non-hydrogen) atoms. The molecule has 0 unspecified atom stereocenters. The highest BCUT2D eigenvalue weighted by atomic mass is 16.5. The molecule has 1 aromatic rings. The summed E-state index contributed by atoms with van der Waals surface area (Å²) < 4.78 is 5.77. The van der Waals surface area contributed by atoms with Crippen LogP contribution in [0.25, 0.3) is 0 Å². The molecule has 0 saturated carbocycles. The lowest BCUT2D eigenvalue weighted by Crippen LogP contribution is -2.28. The van der Waals surface area contributed by atoms with Crippen molar-refractivity contribution in [1.82, 2.24) is 9.55 Å². The van der Waals surface area contributed by atoms with Gasteiger partial charge in [0.15, 0.2) is 0 Å². The van der Waals surface area contributed by atoms with Crippen LogP contribution in [0.5, 0.6) is 0 Å². The molecule has 1 N–H and O–H groups in total. The van der Waals surface area contributed by atoms with Crippen molar-refractivity contribution < 1.29 is 9.53 Å². The number of aromatic nitrogens is 2. The van der Waals surface area contributed by atoms with Crippen molar-refractivity contribution in [2.24, 2.45) is 0 Å². The van der Waals surface area contributed by atoms with E-state index in [1.165, 1.54) is 23.9 Å². The van der Waals surface area contributed by atoms with E-state index in [-0.39, 0.29) is 6.54 Å². The van der Waals surface area contributed by atoms with E-state index >= 15 is 0 Å². The first-order valence-electron chi connectivity index (χ1n) is 4.59. The molecule has 0 fully saturated rings. The molecule has 0 aliphatic carbocycles. The van der Waals surface area contributed by atoms with Crippen molar-refractivity contribution >= 4 is 5.97 Å². The Morgan fingerprint density at radius 3 is 2.81 bits per heavy atom. The third kappa shape index (κ3) is 2.94. The van der Waals surface area contributed by atoms with E-state index in [1.54, 1.807) is 13.0 Å². The molecule has 1 rings (SSSR count). The second-order valence-electron chi connectivity index (χ2n) is 3.14. The summed E-state index contributed by atoms with van der Waals surface area (Å²) in [5, 5.41) is 0. The first kappa shape index (κ1) is 12.0. The smallest absolute Gasteiger partial charge is 0.333 e. The lowest BCUT2D eigenvalue weighted by molar-refractivity contribution is -0.136. The summed E-state index contributed by atoms with van der Waals surface area (Å²) in [4.78, 5) is 35.2. The van der Waals surface area contributed by atoms with Gasteiger partial charge in [-0.2, -0.15) is 0 Å². The van der Waals surface area contributed by atoms with Gasteiger partial charge in [0, 0.05) is 24.4 Å². The van der Waals surface area contributed by atoms with Crippen molar-refractivity contribution in [1.29, 1.82) is 0 Å². The van der Waals surface area contributed by atoms with Gasteiger partial charge in [-0.15, -0.1) is 0 Å². The minimum absolute atomic E-state index is 0.205. The average molecular weight is 224 g/mol. The molecule has 0 spiro atoms. The van der Waals surface area contributed by atoms with Gasteiger partial charge in [0.25, 0.3) is 5.56 Å². The quantitative estimate of drug-likeness (QED) is 0.562. The van der Waals surface area contributed by atoms with E-state index in [4.69, 9.17) is 0 Å². The predicted octanol–water partition coefficient (Wildman–Crippen LogP) is -0.344. The number of H-pyrrole nitrogens is 1. The zero-order valence-electron chi connectivity index (χ0n) is 9.02. The van der Waals surface area contributed by atoms with Crippen molar-refractivity contribution in [3.8, 4) is 0 Å². The molecule has 0 radical (unpaired) electrons. The normalized spacial score (nSPS) is 11.2. The number of nitrogens with one attached hydrogen (secondary N) is 1. The summed E-state index contributed by atoms with van der Waals surface area (Å²) in [6, 6.07) is 1.24. The van der Waals surface area contributed by atoms with Gasteiger partial charge in [0.05, 0.1) is 7.11 Å². The number of hydrogen-bond donors (Lipinski definition) is 1. The van der Waals surface area contributed by atoms with Crippen LogP contribution in [0.1, 0.15) is 6.92 Å². The molecule has 0 saturated heterocycles. The molecule has 0 aliphatic rings. The molecule has 6 heteroatoms. The molecule has 86 valence electrons. The Hall–Kier alpha value is -2.11. The summed E-state index contributed by atoms with van der Waals surface area (Å²) in [6.45, 7) is 1.79. The number of esters is 1. The van der Waals surface area contributed by atoms with Gasteiger partial charge in [-0.25, -0.2) is 9.59 Å². The minimum atomic E-state index is -0.513. The topological polar surface area (TPSA) is 81.2 Å². The summed E-state index contributed by atoms with van der Waals surface area (Å²) in [5.74, 6) is -0.447. The maximum absolute atomic E-state index is 11.3. The molecule has 1 aromatic heterocycles. The van der Waals surface area contributed by atoms with Gasteiger partial charge in [0.2, 0.25) is 0 Å². The van der Waals surface area contributed by atoms with Crippen LogP contribution in [0.4, 0.5) is 0 Å². The maximum Gasteiger partial charge on any atom is 0.333 e. The van der Waals surface area contributed by atoms with Crippen LogP contribution in [-0.2, 0) is 16.1 Å². The van der Waals surface area contributed by atoms with E-state index in [0.717, 1.165) is 0 Å². The van der Waals surface area contributed by atoms with Gasteiger partial charge in [-0.1, -0.05) is 6.08 Å². The Morgan fingerprint density at radius 1 is 1.56 bits per heavy atom. The Kier molecular flexibility index (Phi) is 3.82. The fraction of sp³-hybridized carbons (Fsp3) is 0.300. The van der Waals surface area contributed by atoms with Gasteiger partial charge < -0.3 is 4.74 Å². The molecule has 6 nitrogen and oxygen atoms in total. The van der Waals surface area contributed by atoms with Crippen LogP contribution in [0.2, 0.25) is 0 Å². The monoisotopic (exact) mass is 224 g/mol. The van der Waals surface area contributed by atoms with E-state index in [1.807, 2.05) is 0 Å². The van der Waals surface area contributed by atoms with Crippen LogP contribution < -0.4 is 11.2 Å². The van der Waals surface area contributed by atoms with Crippen molar-refractivity contribution in [3.05, 3.63) is 44.8 Å². The predicted molar refractivity (Wildman–Crippen MR) is 57.1 cm³/mol. The Bertz CT molecular complexity index is 524. The second kappa shape index (κ2) is 5.11. The number of allylic oxidation sites excluding steroid dienone is 1. The van der Waals surface area contributed by atoms with E-state index in [2.05, 4.69) is 9.72 Å². The number of rotatable bonds is 3. The molecular formula is C10H12N2O4. The van der Waals surface area contributed by atoms with E-state index < -0.39 is 17.2 Å². The molecule has 0 amide bonds. The molecule has 0 bridgehead atoms. The summed E-state index contributed by atoms with van der Waals surface area (Å²) in [6.07, 6.45) is 2.91. The zero-order valence-corrected chi connectivity index (χ0v) is 9.02. The molecule has 0 aliphatic heterocycles. The Labute approximate surface area is 91.2 Å². The highest BCUT2D eigenvalue weighted by molar-refractivity contribution is 5.87. The molecule has 1 heterocycles. The van der Waals surface area contributed by atoms with Crippen molar-refractivity contribution in [2.75, 3.05) is 7.11 Å². The lowest BCUT2D eigenvalue weighted by Gasteiger charge is -2.01. The number of aromatic amines is 1.